The van der Waals surface area contributed by atoms with Crippen molar-refractivity contribution in [1.29, 1.82) is 0 Å². The minimum atomic E-state index is 0.329. The average Bonchev–Trinajstić information content (AvgIpc) is 2.40. The lowest BCUT2D eigenvalue weighted by atomic mass is 9.86. The van der Waals surface area contributed by atoms with E-state index in [2.05, 4.69) is 18.2 Å². The van der Waals surface area contributed by atoms with Crippen LogP contribution in [0.5, 0.6) is 0 Å². The monoisotopic (exact) mass is 226 g/mol. The van der Waals surface area contributed by atoms with Gasteiger partial charge in [-0.3, -0.25) is 4.79 Å². The Morgan fingerprint density at radius 1 is 0.941 bits per heavy atom. The third-order valence-electron chi connectivity index (χ3n) is 3.92. The van der Waals surface area contributed by atoms with Gasteiger partial charge in [0.1, 0.15) is 0 Å². The normalized spacial score (nSPS) is 19.8. The molecule has 0 N–H and O–H groups in total. The molecule has 0 heterocycles. The predicted octanol–water partition coefficient (Wildman–Crippen LogP) is 4.16. The van der Waals surface area contributed by atoms with Crippen molar-refractivity contribution in [2.45, 2.75) is 44.9 Å². The first-order chi connectivity index (χ1) is 8.34. The van der Waals surface area contributed by atoms with Crippen molar-refractivity contribution < 1.29 is 4.79 Å². The van der Waals surface area contributed by atoms with Gasteiger partial charge in [0.05, 0.1) is 0 Å². The first-order valence-electron chi connectivity index (χ1n) is 6.70. The zero-order valence-corrected chi connectivity index (χ0v) is 10.2. The van der Waals surface area contributed by atoms with E-state index in [-0.39, 0.29) is 0 Å². The first kappa shape index (κ1) is 10.8. The van der Waals surface area contributed by atoms with E-state index in [1.54, 1.807) is 0 Å². The molecule has 0 atom stereocenters. The van der Waals surface area contributed by atoms with Crippen molar-refractivity contribution in [1.82, 2.24) is 0 Å². The van der Waals surface area contributed by atoms with Gasteiger partial charge in [-0.25, -0.2) is 0 Å². The van der Waals surface area contributed by atoms with Gasteiger partial charge >= 0.3 is 0 Å². The fourth-order valence-corrected chi connectivity index (χ4v) is 2.95. The molecule has 2 aliphatic carbocycles. The number of rotatable bonds is 1. The summed E-state index contributed by atoms with van der Waals surface area (Å²) in [6.07, 6.45) is 10.2. The molecule has 17 heavy (non-hydrogen) atoms. The Morgan fingerprint density at radius 3 is 2.71 bits per heavy atom. The molecule has 1 heteroatoms. The summed E-state index contributed by atoms with van der Waals surface area (Å²) in [6, 6.07) is 6.43. The maximum absolute atomic E-state index is 11.8. The van der Waals surface area contributed by atoms with Gasteiger partial charge in [-0.2, -0.15) is 0 Å². The van der Waals surface area contributed by atoms with Gasteiger partial charge in [0.2, 0.25) is 0 Å². The van der Waals surface area contributed by atoms with E-state index in [1.165, 1.54) is 42.4 Å². The van der Waals surface area contributed by atoms with E-state index in [0.717, 1.165) is 24.8 Å². The molecule has 0 fully saturated rings. The highest BCUT2D eigenvalue weighted by Gasteiger charge is 2.17. The number of ketones is 1. The summed E-state index contributed by atoms with van der Waals surface area (Å²) in [5, 5.41) is 0. The topological polar surface area (TPSA) is 17.1 Å². The van der Waals surface area contributed by atoms with Gasteiger partial charge in [-0.1, -0.05) is 24.3 Å². The smallest absolute Gasteiger partial charge is 0.163 e. The molecule has 0 aliphatic heterocycles. The molecule has 0 spiro atoms. The molecule has 1 nitrogen and oxygen atoms in total. The average molecular weight is 226 g/mol. The molecular formula is C16H18O. The zero-order valence-electron chi connectivity index (χ0n) is 10.2. The number of Topliss-reactive ketones (excluding diaryl/α,β-unsaturated/α-hetero) is 1. The van der Waals surface area contributed by atoms with E-state index in [0.29, 0.717) is 5.78 Å². The van der Waals surface area contributed by atoms with Crippen LogP contribution in [0, 0.1) is 0 Å². The van der Waals surface area contributed by atoms with Crippen LogP contribution in [0.3, 0.4) is 0 Å². The molecule has 2 aliphatic rings. The van der Waals surface area contributed by atoms with Gasteiger partial charge in [0.15, 0.2) is 5.78 Å². The van der Waals surface area contributed by atoms with E-state index in [9.17, 15) is 4.79 Å². The lowest BCUT2D eigenvalue weighted by Crippen LogP contribution is -2.11. The number of hydrogen-bond acceptors (Lipinski definition) is 1. The van der Waals surface area contributed by atoms with Crippen LogP contribution in [-0.4, -0.2) is 5.78 Å². The SMILES string of the molecule is O=C1CCCc2cc(C3=CCCCC3)ccc21. The minimum Gasteiger partial charge on any atom is -0.294 e. The van der Waals surface area contributed by atoms with Crippen molar-refractivity contribution in [3.63, 3.8) is 0 Å². The number of carbonyl (C=O) groups excluding carboxylic acids is 1. The lowest BCUT2D eigenvalue weighted by Gasteiger charge is -2.18. The highest BCUT2D eigenvalue weighted by Crippen LogP contribution is 2.30. The molecule has 0 radical (unpaired) electrons. The molecule has 0 bridgehead atoms. The van der Waals surface area contributed by atoms with Crippen molar-refractivity contribution in [2.24, 2.45) is 0 Å². The summed E-state index contributed by atoms with van der Waals surface area (Å²) in [7, 11) is 0. The number of hydrogen-bond donors (Lipinski definition) is 0. The van der Waals surface area contributed by atoms with Crippen LogP contribution < -0.4 is 0 Å². The zero-order chi connectivity index (χ0) is 11.7. The van der Waals surface area contributed by atoms with Crippen molar-refractivity contribution in [3.8, 4) is 0 Å². The summed E-state index contributed by atoms with van der Waals surface area (Å²) in [6.45, 7) is 0. The number of fused-ring (bicyclic) bond motifs is 1. The van der Waals surface area contributed by atoms with Gasteiger partial charge < -0.3 is 0 Å². The maximum Gasteiger partial charge on any atom is 0.163 e. The van der Waals surface area contributed by atoms with E-state index in [4.69, 9.17) is 0 Å². The Hall–Kier alpha value is -1.37. The van der Waals surface area contributed by atoms with Crippen LogP contribution in [0.1, 0.15) is 60.0 Å². The van der Waals surface area contributed by atoms with E-state index >= 15 is 0 Å². The van der Waals surface area contributed by atoms with Crippen LogP contribution in [0.15, 0.2) is 24.3 Å². The second kappa shape index (κ2) is 4.48. The van der Waals surface area contributed by atoms with Gasteiger partial charge in [-0.15, -0.1) is 0 Å². The highest BCUT2D eigenvalue weighted by molar-refractivity contribution is 5.98. The molecule has 1 aromatic carbocycles. The minimum absolute atomic E-state index is 0.329. The molecule has 0 saturated carbocycles. The third kappa shape index (κ3) is 2.06. The van der Waals surface area contributed by atoms with Crippen molar-refractivity contribution >= 4 is 11.4 Å². The predicted molar refractivity (Wildman–Crippen MR) is 70.2 cm³/mol. The number of aryl methyl sites for hydroxylation is 1. The summed E-state index contributed by atoms with van der Waals surface area (Å²) < 4.78 is 0. The second-order valence-electron chi connectivity index (χ2n) is 5.12. The Labute approximate surface area is 103 Å². The van der Waals surface area contributed by atoms with Crippen molar-refractivity contribution in [3.05, 3.63) is 41.0 Å². The van der Waals surface area contributed by atoms with Crippen LogP contribution in [0.2, 0.25) is 0 Å². The largest absolute Gasteiger partial charge is 0.294 e. The van der Waals surface area contributed by atoms with Crippen molar-refractivity contribution in [2.75, 3.05) is 0 Å². The molecule has 1 aromatic rings. The Kier molecular flexibility index (Phi) is 2.84. The first-order valence-corrected chi connectivity index (χ1v) is 6.70. The Balaban J connectivity index is 1.97. The van der Waals surface area contributed by atoms with Gasteiger partial charge in [0.25, 0.3) is 0 Å². The summed E-state index contributed by atoms with van der Waals surface area (Å²) in [5.74, 6) is 0.329. The molecule has 0 aromatic heterocycles. The maximum atomic E-state index is 11.8. The number of benzene rings is 1. The third-order valence-corrected chi connectivity index (χ3v) is 3.92. The number of carbonyl (C=O) groups is 1. The quantitative estimate of drug-likeness (QED) is 0.702. The fraction of sp³-hybridized carbons (Fsp3) is 0.438. The second-order valence-corrected chi connectivity index (χ2v) is 5.12. The Bertz CT molecular complexity index is 482. The molecule has 0 unspecified atom stereocenters. The molecule has 0 saturated heterocycles. The van der Waals surface area contributed by atoms with Crippen LogP contribution >= 0.6 is 0 Å². The van der Waals surface area contributed by atoms with Crippen LogP contribution in [0.25, 0.3) is 5.57 Å². The molecular weight excluding hydrogens is 208 g/mol. The van der Waals surface area contributed by atoms with Gasteiger partial charge in [-0.05, 0) is 55.2 Å². The van der Waals surface area contributed by atoms with E-state index in [1.807, 2.05) is 6.07 Å². The number of allylic oxidation sites excluding steroid dienone is 2. The van der Waals surface area contributed by atoms with Crippen LogP contribution in [0.4, 0.5) is 0 Å². The van der Waals surface area contributed by atoms with E-state index < -0.39 is 0 Å². The fourth-order valence-electron chi connectivity index (χ4n) is 2.95. The Morgan fingerprint density at radius 2 is 1.88 bits per heavy atom. The summed E-state index contributed by atoms with van der Waals surface area (Å²) >= 11 is 0. The summed E-state index contributed by atoms with van der Waals surface area (Å²) in [5.41, 5.74) is 5.07. The van der Waals surface area contributed by atoms with Crippen LogP contribution in [-0.2, 0) is 6.42 Å². The molecule has 3 rings (SSSR count). The van der Waals surface area contributed by atoms with Gasteiger partial charge in [0, 0.05) is 12.0 Å². The standard InChI is InChI=1S/C16H18O/c17-16-8-4-7-14-11-13(9-10-15(14)16)12-5-2-1-3-6-12/h5,9-11H,1-4,6-8H2. The highest BCUT2D eigenvalue weighted by atomic mass is 16.1. The summed E-state index contributed by atoms with van der Waals surface area (Å²) in [4.78, 5) is 11.8. The lowest BCUT2D eigenvalue weighted by molar-refractivity contribution is 0.0972. The molecule has 88 valence electrons. The molecule has 0 amide bonds.